The van der Waals surface area contributed by atoms with Gasteiger partial charge in [-0.25, -0.2) is 9.13 Å². The third-order valence-corrected chi connectivity index (χ3v) is 17.5. The average molecular weight is 1260 g/mol. The zero-order valence-electron chi connectivity index (χ0n) is 54.9. The minimum atomic E-state index is -4.95. The number of phosphoric acid groups is 2. The van der Waals surface area contributed by atoms with Gasteiger partial charge in [-0.2, -0.15) is 0 Å². The van der Waals surface area contributed by atoms with Gasteiger partial charge >= 0.3 is 39.5 Å². The summed E-state index contributed by atoms with van der Waals surface area (Å²) in [5.74, 6) is -0.672. The van der Waals surface area contributed by atoms with E-state index >= 15 is 0 Å². The van der Waals surface area contributed by atoms with E-state index in [0.29, 0.717) is 25.7 Å². The van der Waals surface area contributed by atoms with Crippen molar-refractivity contribution in [1.29, 1.82) is 0 Å². The molecule has 3 unspecified atom stereocenters. The van der Waals surface area contributed by atoms with E-state index in [4.69, 9.17) is 37.0 Å². The Morgan fingerprint density at radius 2 is 0.600 bits per heavy atom. The molecule has 0 heterocycles. The van der Waals surface area contributed by atoms with E-state index in [-0.39, 0.29) is 25.7 Å². The van der Waals surface area contributed by atoms with Crippen LogP contribution >= 0.6 is 15.6 Å². The molecule has 0 aliphatic rings. The Bertz CT molecular complexity index is 1670. The molecule has 0 aliphatic heterocycles. The van der Waals surface area contributed by atoms with Crippen molar-refractivity contribution < 1.29 is 80.2 Å². The molecule has 6 atom stereocenters. The largest absolute Gasteiger partial charge is 0.472 e. The molecule has 0 amide bonds. The summed E-state index contributed by atoms with van der Waals surface area (Å²) in [7, 11) is -9.89. The highest BCUT2D eigenvalue weighted by molar-refractivity contribution is 7.47. The molecule has 0 aromatic rings. The predicted molar refractivity (Wildman–Crippen MR) is 340 cm³/mol. The fraction of sp³-hybridized carbons (Fsp3) is 0.939. The van der Waals surface area contributed by atoms with Crippen molar-refractivity contribution in [2.24, 2.45) is 11.8 Å². The van der Waals surface area contributed by atoms with E-state index in [1.165, 1.54) is 135 Å². The summed E-state index contributed by atoms with van der Waals surface area (Å²) >= 11 is 0. The lowest BCUT2D eigenvalue weighted by Crippen LogP contribution is -2.30. The predicted octanol–water partition coefficient (Wildman–Crippen LogP) is 18.4. The summed E-state index contributed by atoms with van der Waals surface area (Å²) < 4.78 is 68.0. The number of ether oxygens (including phenoxy) is 4. The summed E-state index contributed by atoms with van der Waals surface area (Å²) in [5, 5.41) is 10.5. The molecule has 0 bridgehead atoms. The fourth-order valence-corrected chi connectivity index (χ4v) is 11.4. The van der Waals surface area contributed by atoms with Crippen LogP contribution < -0.4 is 0 Å². The van der Waals surface area contributed by atoms with E-state index in [2.05, 4.69) is 41.5 Å². The topological polar surface area (TPSA) is 237 Å². The van der Waals surface area contributed by atoms with Gasteiger partial charge in [0.05, 0.1) is 26.4 Å². The number of rotatable bonds is 65. The van der Waals surface area contributed by atoms with Crippen LogP contribution in [0, 0.1) is 11.8 Å². The molecule has 0 saturated heterocycles. The van der Waals surface area contributed by atoms with Crippen LogP contribution in [0.3, 0.4) is 0 Å². The zero-order valence-corrected chi connectivity index (χ0v) is 56.7. The number of hydrogen-bond donors (Lipinski definition) is 3. The number of unbranched alkanes of at least 4 members (excludes halogenated alkanes) is 34. The molecule has 3 N–H and O–H groups in total. The normalized spacial score (nSPS) is 14.6. The number of phosphoric ester groups is 2. The Morgan fingerprint density at radius 1 is 0.341 bits per heavy atom. The fourth-order valence-electron chi connectivity index (χ4n) is 9.85. The maximum atomic E-state index is 13.0. The second-order valence-corrected chi connectivity index (χ2v) is 27.5. The molecule has 0 aromatic carbocycles. The van der Waals surface area contributed by atoms with Gasteiger partial charge < -0.3 is 33.8 Å². The molecule has 0 saturated carbocycles. The van der Waals surface area contributed by atoms with Crippen molar-refractivity contribution in [2.45, 2.75) is 349 Å². The van der Waals surface area contributed by atoms with Crippen LogP contribution in [0.2, 0.25) is 0 Å². The van der Waals surface area contributed by atoms with E-state index < -0.39 is 97.5 Å². The lowest BCUT2D eigenvalue weighted by Gasteiger charge is -2.21. The van der Waals surface area contributed by atoms with Crippen molar-refractivity contribution in [3.63, 3.8) is 0 Å². The van der Waals surface area contributed by atoms with Crippen LogP contribution in [0.4, 0.5) is 0 Å². The maximum absolute atomic E-state index is 13.0. The highest BCUT2D eigenvalue weighted by Gasteiger charge is 2.30. The van der Waals surface area contributed by atoms with E-state index in [9.17, 15) is 43.2 Å². The van der Waals surface area contributed by atoms with Gasteiger partial charge in [-0.15, -0.1) is 0 Å². The highest BCUT2D eigenvalue weighted by Crippen LogP contribution is 2.45. The third kappa shape index (κ3) is 59.5. The standard InChI is InChI=1S/C66H128O17P2/c1-7-10-12-14-16-17-18-19-20-21-22-23-26-31-38-44-50-65(70)82-61(55-77-64(69)49-43-37-30-27-24-25-29-34-40-46-58(4)5)56-80-84(72,73)78-52-60(67)53-79-85(74,75)81-57-62(54-76-63(68)48-42-36-28-15-13-11-8-2)83-66(71)51-45-39-33-32-35-41-47-59(6)9-3/h58-62,67H,7-57H2,1-6H3,(H,72,73)(H,74,75)/t59?,60-,61-,62-/m1/s1. The van der Waals surface area contributed by atoms with E-state index in [1.54, 1.807) is 0 Å². The lowest BCUT2D eigenvalue weighted by molar-refractivity contribution is -0.161. The highest BCUT2D eigenvalue weighted by atomic mass is 31.2. The van der Waals surface area contributed by atoms with Crippen LogP contribution in [0.25, 0.3) is 0 Å². The minimum absolute atomic E-state index is 0.102. The molecular formula is C66H128O17P2. The van der Waals surface area contributed by atoms with Gasteiger partial charge in [0.25, 0.3) is 0 Å². The molecule has 0 aromatic heterocycles. The first-order valence-electron chi connectivity index (χ1n) is 34.5. The lowest BCUT2D eigenvalue weighted by atomic mass is 10.00. The first-order valence-corrected chi connectivity index (χ1v) is 37.5. The van der Waals surface area contributed by atoms with Crippen LogP contribution in [0.1, 0.15) is 330 Å². The number of aliphatic hydroxyl groups is 1. The average Bonchev–Trinajstić information content (AvgIpc) is 3.56. The molecule has 19 heteroatoms. The Hall–Kier alpha value is -1.94. The molecule has 0 fully saturated rings. The molecule has 0 aliphatic carbocycles. The van der Waals surface area contributed by atoms with Crippen LogP contribution in [0.15, 0.2) is 0 Å². The summed E-state index contributed by atoms with van der Waals surface area (Å²) in [6.45, 7) is 9.41. The van der Waals surface area contributed by atoms with Crippen molar-refractivity contribution in [3.8, 4) is 0 Å². The SMILES string of the molecule is CCCCCCCCCCCCCCCCCCC(=O)O[C@H](COC(=O)CCCCCCCCCCCC(C)C)COP(=O)(O)OC[C@@H](O)COP(=O)(O)OC[C@@H](COC(=O)CCCCCCCCC)OC(=O)CCCCCCCCC(C)CC. The summed E-state index contributed by atoms with van der Waals surface area (Å²) in [4.78, 5) is 72.2. The molecule has 17 nitrogen and oxygen atoms in total. The van der Waals surface area contributed by atoms with Gasteiger partial charge in [-0.1, -0.05) is 279 Å². The second-order valence-electron chi connectivity index (χ2n) is 24.6. The van der Waals surface area contributed by atoms with Crippen molar-refractivity contribution in [3.05, 3.63) is 0 Å². The number of aliphatic hydroxyl groups excluding tert-OH is 1. The number of esters is 4. The van der Waals surface area contributed by atoms with Crippen molar-refractivity contribution >= 4 is 39.5 Å². The number of carbonyl (C=O) groups is 4. The molecule has 0 radical (unpaired) electrons. The van der Waals surface area contributed by atoms with Gasteiger partial charge in [0, 0.05) is 25.7 Å². The molecular weight excluding hydrogens is 1130 g/mol. The Labute approximate surface area is 517 Å². The summed E-state index contributed by atoms with van der Waals surface area (Å²) in [5.41, 5.74) is 0. The van der Waals surface area contributed by atoms with Crippen molar-refractivity contribution in [1.82, 2.24) is 0 Å². The minimum Gasteiger partial charge on any atom is -0.462 e. The van der Waals surface area contributed by atoms with Crippen molar-refractivity contribution in [2.75, 3.05) is 39.6 Å². The van der Waals surface area contributed by atoms with Crippen LogP contribution in [-0.4, -0.2) is 96.7 Å². The Kier molecular flexibility index (Phi) is 57.1. The molecule has 0 rings (SSSR count). The quantitative estimate of drug-likeness (QED) is 0.0222. The van der Waals surface area contributed by atoms with Gasteiger partial charge in [-0.3, -0.25) is 37.3 Å². The van der Waals surface area contributed by atoms with E-state index in [0.717, 1.165) is 115 Å². The van der Waals surface area contributed by atoms with Gasteiger partial charge in [0.1, 0.15) is 19.3 Å². The summed E-state index contributed by atoms with van der Waals surface area (Å²) in [6, 6.07) is 0. The Balaban J connectivity index is 5.21. The first-order chi connectivity index (χ1) is 40.9. The monoisotopic (exact) mass is 1250 g/mol. The first kappa shape index (κ1) is 83.1. The molecule has 504 valence electrons. The van der Waals surface area contributed by atoms with Gasteiger partial charge in [0.15, 0.2) is 12.2 Å². The smallest absolute Gasteiger partial charge is 0.462 e. The summed E-state index contributed by atoms with van der Waals surface area (Å²) in [6.07, 6.45) is 41.9. The zero-order chi connectivity index (χ0) is 62.9. The van der Waals surface area contributed by atoms with Crippen LogP contribution in [-0.2, 0) is 65.4 Å². The van der Waals surface area contributed by atoms with Crippen LogP contribution in [0.5, 0.6) is 0 Å². The Morgan fingerprint density at radius 3 is 0.894 bits per heavy atom. The number of hydrogen-bond acceptors (Lipinski definition) is 15. The second kappa shape index (κ2) is 58.4. The maximum Gasteiger partial charge on any atom is 0.472 e. The van der Waals surface area contributed by atoms with Gasteiger partial charge in [-0.05, 0) is 37.5 Å². The van der Waals surface area contributed by atoms with Gasteiger partial charge in [0.2, 0.25) is 0 Å². The molecule has 85 heavy (non-hydrogen) atoms. The van der Waals surface area contributed by atoms with E-state index in [1.807, 2.05) is 0 Å². The third-order valence-electron chi connectivity index (χ3n) is 15.6. The molecule has 0 spiro atoms. The number of carbonyl (C=O) groups excluding carboxylic acids is 4.